The van der Waals surface area contributed by atoms with E-state index in [-0.39, 0.29) is 18.1 Å². The van der Waals surface area contributed by atoms with Gasteiger partial charge in [-0.2, -0.15) is 0 Å². The average molecular weight is 285 g/mol. The number of amides is 1. The summed E-state index contributed by atoms with van der Waals surface area (Å²) in [6.45, 7) is 2.82. The van der Waals surface area contributed by atoms with Gasteiger partial charge in [-0.15, -0.1) is 0 Å². The fourth-order valence-electron chi connectivity index (χ4n) is 2.65. The second-order valence-electron chi connectivity index (χ2n) is 4.96. The van der Waals surface area contributed by atoms with Crippen molar-refractivity contribution in [3.8, 4) is 5.69 Å². The van der Waals surface area contributed by atoms with Crippen LogP contribution in [0.4, 0.5) is 0 Å². The quantitative estimate of drug-likeness (QED) is 0.935. The van der Waals surface area contributed by atoms with Crippen molar-refractivity contribution in [3.05, 3.63) is 47.5 Å². The maximum Gasteiger partial charge on any atom is 0.356 e. The van der Waals surface area contributed by atoms with Crippen LogP contribution in [0.15, 0.2) is 30.6 Å². The number of fused-ring (bicyclic) bond motifs is 3. The summed E-state index contributed by atoms with van der Waals surface area (Å²) in [5.74, 6) is -1.15. The van der Waals surface area contributed by atoms with Gasteiger partial charge in [0.15, 0.2) is 5.69 Å². The molecule has 0 aliphatic carbocycles. The van der Waals surface area contributed by atoms with Gasteiger partial charge in [0.05, 0.1) is 23.5 Å². The fraction of sp³-hybridized carbons (Fsp3) is 0.267. The third kappa shape index (κ3) is 2.08. The molecule has 0 fully saturated rings. The van der Waals surface area contributed by atoms with Crippen LogP contribution >= 0.6 is 0 Å². The van der Waals surface area contributed by atoms with Gasteiger partial charge in [-0.1, -0.05) is 19.1 Å². The molecule has 1 N–H and O–H groups in total. The van der Waals surface area contributed by atoms with Crippen molar-refractivity contribution in [2.24, 2.45) is 0 Å². The van der Waals surface area contributed by atoms with E-state index in [2.05, 4.69) is 4.98 Å². The lowest BCUT2D eigenvalue weighted by Crippen LogP contribution is -2.30. The van der Waals surface area contributed by atoms with Gasteiger partial charge in [-0.3, -0.25) is 9.36 Å². The number of nitrogens with zero attached hydrogens (tertiary/aromatic N) is 3. The number of carbonyl (C=O) groups excluding carboxylic acids is 1. The van der Waals surface area contributed by atoms with Gasteiger partial charge in [0.25, 0.3) is 5.91 Å². The van der Waals surface area contributed by atoms with Crippen molar-refractivity contribution < 1.29 is 14.7 Å². The first kappa shape index (κ1) is 13.4. The molecule has 1 aromatic carbocycles. The zero-order valence-corrected chi connectivity index (χ0v) is 11.6. The van der Waals surface area contributed by atoms with E-state index in [1.807, 2.05) is 13.0 Å². The molecule has 0 atom stereocenters. The molecule has 1 amide bonds. The van der Waals surface area contributed by atoms with Crippen LogP contribution < -0.4 is 0 Å². The Kier molecular flexibility index (Phi) is 3.21. The monoisotopic (exact) mass is 285 g/mol. The molecule has 1 aliphatic rings. The Labute approximate surface area is 121 Å². The molecule has 0 radical (unpaired) electrons. The zero-order chi connectivity index (χ0) is 15.0. The SMILES string of the molecule is CCCN1Cc2c(C(=O)O)ncn2-c2ccccc2C1=O. The van der Waals surface area contributed by atoms with E-state index < -0.39 is 5.97 Å². The Morgan fingerprint density at radius 3 is 2.86 bits per heavy atom. The first-order chi connectivity index (χ1) is 10.1. The van der Waals surface area contributed by atoms with Crippen molar-refractivity contribution in [2.45, 2.75) is 19.9 Å². The number of carboxylic acid groups (broad SMARTS) is 1. The summed E-state index contributed by atoms with van der Waals surface area (Å²) in [5, 5.41) is 9.27. The van der Waals surface area contributed by atoms with Crippen LogP contribution in [0.1, 0.15) is 39.9 Å². The number of carbonyl (C=O) groups is 2. The van der Waals surface area contributed by atoms with Crippen LogP contribution in [0, 0.1) is 0 Å². The highest BCUT2D eigenvalue weighted by Crippen LogP contribution is 2.26. The summed E-state index contributed by atoms with van der Waals surface area (Å²) >= 11 is 0. The summed E-state index contributed by atoms with van der Waals surface area (Å²) in [5.41, 5.74) is 1.78. The number of hydrogen-bond donors (Lipinski definition) is 1. The molecule has 1 aliphatic heterocycles. The van der Waals surface area contributed by atoms with Gasteiger partial charge < -0.3 is 10.0 Å². The predicted molar refractivity (Wildman–Crippen MR) is 75.6 cm³/mol. The van der Waals surface area contributed by atoms with E-state index in [0.717, 1.165) is 6.42 Å². The van der Waals surface area contributed by atoms with Gasteiger partial charge in [-0.05, 0) is 18.6 Å². The summed E-state index contributed by atoms with van der Waals surface area (Å²) in [7, 11) is 0. The van der Waals surface area contributed by atoms with Gasteiger partial charge in [0.1, 0.15) is 6.33 Å². The average Bonchev–Trinajstić information content (AvgIpc) is 2.85. The molecule has 6 nitrogen and oxygen atoms in total. The lowest BCUT2D eigenvalue weighted by Gasteiger charge is -2.19. The second kappa shape index (κ2) is 5.05. The van der Waals surface area contributed by atoms with Crippen LogP contribution in [-0.4, -0.2) is 38.0 Å². The Morgan fingerprint density at radius 1 is 1.38 bits per heavy atom. The van der Waals surface area contributed by atoms with Crippen molar-refractivity contribution >= 4 is 11.9 Å². The van der Waals surface area contributed by atoms with E-state index in [0.29, 0.717) is 23.5 Å². The number of imidazole rings is 1. The maximum absolute atomic E-state index is 12.6. The number of benzene rings is 1. The number of hydrogen-bond acceptors (Lipinski definition) is 3. The zero-order valence-electron chi connectivity index (χ0n) is 11.6. The van der Waals surface area contributed by atoms with Crippen LogP contribution in [0.25, 0.3) is 5.69 Å². The largest absolute Gasteiger partial charge is 0.476 e. The van der Waals surface area contributed by atoms with E-state index in [1.54, 1.807) is 27.7 Å². The normalized spacial score (nSPS) is 13.6. The number of aromatic nitrogens is 2. The smallest absolute Gasteiger partial charge is 0.356 e. The Balaban J connectivity index is 2.23. The lowest BCUT2D eigenvalue weighted by atomic mass is 10.1. The van der Waals surface area contributed by atoms with Gasteiger partial charge in [0.2, 0.25) is 0 Å². The molecule has 2 aromatic rings. The Hall–Kier alpha value is -2.63. The second-order valence-corrected chi connectivity index (χ2v) is 4.96. The Morgan fingerprint density at radius 2 is 2.14 bits per heavy atom. The van der Waals surface area contributed by atoms with Crippen LogP contribution in [0.3, 0.4) is 0 Å². The minimum absolute atomic E-state index is 0.000561. The first-order valence-corrected chi connectivity index (χ1v) is 6.81. The number of para-hydroxylation sites is 1. The molecule has 1 aromatic heterocycles. The van der Waals surface area contributed by atoms with Gasteiger partial charge in [0, 0.05) is 6.54 Å². The van der Waals surface area contributed by atoms with Crippen LogP contribution in [0.2, 0.25) is 0 Å². The minimum atomic E-state index is -1.08. The summed E-state index contributed by atoms with van der Waals surface area (Å²) < 4.78 is 1.70. The maximum atomic E-state index is 12.6. The molecule has 0 spiro atoms. The molecule has 6 heteroatoms. The number of carboxylic acids is 1. The highest BCUT2D eigenvalue weighted by molar-refractivity contribution is 5.99. The summed E-state index contributed by atoms with van der Waals surface area (Å²) in [6, 6.07) is 7.20. The van der Waals surface area contributed by atoms with Crippen molar-refractivity contribution in [2.75, 3.05) is 6.54 Å². The molecule has 0 saturated carbocycles. The summed E-state index contributed by atoms with van der Waals surface area (Å²) in [6.07, 6.45) is 2.28. The lowest BCUT2D eigenvalue weighted by molar-refractivity contribution is 0.0678. The standard InChI is InChI=1S/C15H15N3O3/c1-2-7-17-8-12-13(15(20)21)16-9-18(12)11-6-4-3-5-10(11)14(17)19/h3-6,9H,2,7-8H2,1H3,(H,20,21). The van der Waals surface area contributed by atoms with Crippen molar-refractivity contribution in [1.82, 2.24) is 14.5 Å². The Bertz CT molecular complexity index is 721. The highest BCUT2D eigenvalue weighted by atomic mass is 16.4. The molecule has 0 unspecified atom stereocenters. The van der Waals surface area contributed by atoms with E-state index in [1.165, 1.54) is 6.33 Å². The summed E-state index contributed by atoms with van der Waals surface area (Å²) in [4.78, 5) is 29.6. The fourth-order valence-corrected chi connectivity index (χ4v) is 2.65. The van der Waals surface area contributed by atoms with Gasteiger partial charge in [-0.25, -0.2) is 9.78 Å². The van der Waals surface area contributed by atoms with E-state index in [9.17, 15) is 14.7 Å². The third-order valence-electron chi connectivity index (χ3n) is 3.58. The molecule has 108 valence electrons. The number of aromatic carboxylic acids is 1. The molecule has 0 bridgehead atoms. The van der Waals surface area contributed by atoms with E-state index >= 15 is 0 Å². The van der Waals surface area contributed by atoms with Crippen molar-refractivity contribution in [3.63, 3.8) is 0 Å². The molecule has 2 heterocycles. The number of rotatable bonds is 3. The minimum Gasteiger partial charge on any atom is -0.476 e. The van der Waals surface area contributed by atoms with Crippen LogP contribution in [-0.2, 0) is 6.54 Å². The molecule has 21 heavy (non-hydrogen) atoms. The molecular formula is C15H15N3O3. The molecule has 0 saturated heterocycles. The predicted octanol–water partition coefficient (Wildman–Crippen LogP) is 1.94. The van der Waals surface area contributed by atoms with Crippen LogP contribution in [0.5, 0.6) is 0 Å². The van der Waals surface area contributed by atoms with Gasteiger partial charge >= 0.3 is 5.97 Å². The van der Waals surface area contributed by atoms with E-state index in [4.69, 9.17) is 0 Å². The first-order valence-electron chi connectivity index (χ1n) is 6.81. The topological polar surface area (TPSA) is 75.4 Å². The molecule has 3 rings (SSSR count). The third-order valence-corrected chi connectivity index (χ3v) is 3.58. The van der Waals surface area contributed by atoms with Crippen molar-refractivity contribution in [1.29, 1.82) is 0 Å². The highest BCUT2D eigenvalue weighted by Gasteiger charge is 2.29. The molecular weight excluding hydrogens is 270 g/mol.